The molecule has 0 unspecified atom stereocenters. The lowest BCUT2D eigenvalue weighted by molar-refractivity contribution is -0.139. The number of amides is 1. The quantitative estimate of drug-likeness (QED) is 0.366. The van der Waals surface area contributed by atoms with Crippen molar-refractivity contribution in [1.82, 2.24) is 9.80 Å². The Morgan fingerprint density at radius 1 is 1.09 bits per heavy atom. The third kappa shape index (κ3) is 5.17. The number of rotatable bonds is 7. The minimum Gasteiger partial charge on any atom is -0.507 e. The highest BCUT2D eigenvalue weighted by Gasteiger charge is 2.45. The van der Waals surface area contributed by atoms with Crippen LogP contribution in [0.25, 0.3) is 5.76 Å². The van der Waals surface area contributed by atoms with Crippen molar-refractivity contribution in [2.45, 2.75) is 45.6 Å². The Morgan fingerprint density at radius 3 is 2.26 bits per heavy atom. The molecule has 0 aromatic heterocycles. The molecule has 34 heavy (non-hydrogen) atoms. The van der Waals surface area contributed by atoms with Crippen LogP contribution in [-0.4, -0.2) is 60.9 Å². The van der Waals surface area contributed by atoms with Crippen LogP contribution in [0.3, 0.4) is 0 Å². The number of hydrogen-bond donors (Lipinski definition) is 1. The van der Waals surface area contributed by atoms with Gasteiger partial charge in [0.2, 0.25) is 0 Å². The molecule has 1 N–H and O–H groups in total. The highest BCUT2D eigenvalue weighted by Crippen LogP contribution is 2.40. The first-order chi connectivity index (χ1) is 16.0. The second-order valence-corrected chi connectivity index (χ2v) is 10.2. The number of carbonyl (C=O) groups is 2. The number of carbonyl (C=O) groups excluding carboxylic acids is 2. The summed E-state index contributed by atoms with van der Waals surface area (Å²) in [6.45, 7) is 9.51. The van der Waals surface area contributed by atoms with E-state index in [1.807, 2.05) is 50.2 Å². The SMILES string of the molecule is COc1ccc(C(O)=C2C(=O)C(=O)N(CCCN(C)C)[C@@H]2c2ccc(C(C)(C)C)cc2)cc1C. The van der Waals surface area contributed by atoms with Gasteiger partial charge in [0.25, 0.3) is 11.7 Å². The summed E-state index contributed by atoms with van der Waals surface area (Å²) < 4.78 is 5.32. The zero-order valence-corrected chi connectivity index (χ0v) is 21.3. The monoisotopic (exact) mass is 464 g/mol. The smallest absolute Gasteiger partial charge is 0.295 e. The average molecular weight is 465 g/mol. The molecule has 1 aliphatic heterocycles. The fourth-order valence-corrected chi connectivity index (χ4v) is 4.36. The van der Waals surface area contributed by atoms with Crippen molar-refractivity contribution in [1.29, 1.82) is 0 Å². The minimum absolute atomic E-state index is 0.0212. The first kappa shape index (κ1) is 25.5. The maximum absolute atomic E-state index is 13.2. The van der Waals surface area contributed by atoms with Gasteiger partial charge in [0, 0.05) is 12.1 Å². The highest BCUT2D eigenvalue weighted by atomic mass is 16.5. The van der Waals surface area contributed by atoms with E-state index < -0.39 is 17.7 Å². The number of benzene rings is 2. The summed E-state index contributed by atoms with van der Waals surface area (Å²) in [5, 5.41) is 11.3. The number of likely N-dealkylation sites (tertiary alicyclic amines) is 1. The third-order valence-corrected chi connectivity index (χ3v) is 6.31. The summed E-state index contributed by atoms with van der Waals surface area (Å²) in [6.07, 6.45) is 0.721. The number of aliphatic hydroxyl groups excluding tert-OH is 1. The average Bonchev–Trinajstić information content (AvgIpc) is 3.02. The topological polar surface area (TPSA) is 70.1 Å². The summed E-state index contributed by atoms with van der Waals surface area (Å²) in [5.41, 5.74) is 3.39. The number of ether oxygens (including phenoxy) is 1. The lowest BCUT2D eigenvalue weighted by Gasteiger charge is -2.27. The second-order valence-electron chi connectivity index (χ2n) is 10.2. The zero-order chi connectivity index (χ0) is 25.2. The maximum Gasteiger partial charge on any atom is 0.295 e. The standard InChI is InChI=1S/C28H36N2O4/c1-18-17-20(11-14-22(18)34-7)25(31)23-24(19-9-12-21(13-10-19)28(2,3)4)30(27(33)26(23)32)16-8-15-29(5)6/h9-14,17,24,31H,8,15-16H2,1-7H3/t24-/m1/s1. The molecule has 1 atom stereocenters. The normalized spacial score (nSPS) is 18.1. The maximum atomic E-state index is 13.2. The Labute approximate surface area is 202 Å². The van der Waals surface area contributed by atoms with Gasteiger partial charge >= 0.3 is 0 Å². The number of aliphatic hydroxyl groups is 1. The first-order valence-corrected chi connectivity index (χ1v) is 11.6. The molecule has 0 saturated carbocycles. The van der Waals surface area contributed by atoms with Gasteiger partial charge in [0.1, 0.15) is 11.5 Å². The van der Waals surface area contributed by atoms with Gasteiger partial charge in [-0.2, -0.15) is 0 Å². The van der Waals surface area contributed by atoms with Crippen LogP contribution in [-0.2, 0) is 15.0 Å². The van der Waals surface area contributed by atoms with Crippen molar-refractivity contribution in [2.75, 3.05) is 34.3 Å². The zero-order valence-electron chi connectivity index (χ0n) is 21.3. The number of aryl methyl sites for hydroxylation is 1. The number of methoxy groups -OCH3 is 1. The first-order valence-electron chi connectivity index (χ1n) is 11.6. The van der Waals surface area contributed by atoms with Crippen LogP contribution in [0.4, 0.5) is 0 Å². The van der Waals surface area contributed by atoms with Crippen molar-refractivity contribution in [3.05, 3.63) is 70.3 Å². The summed E-state index contributed by atoms with van der Waals surface area (Å²) >= 11 is 0. The van der Waals surface area contributed by atoms with Crippen molar-refractivity contribution in [3.8, 4) is 5.75 Å². The predicted octanol–water partition coefficient (Wildman–Crippen LogP) is 4.67. The molecule has 2 aromatic carbocycles. The number of ketones is 1. The Morgan fingerprint density at radius 2 is 1.74 bits per heavy atom. The molecular weight excluding hydrogens is 428 g/mol. The van der Waals surface area contributed by atoms with E-state index in [-0.39, 0.29) is 16.7 Å². The van der Waals surface area contributed by atoms with Crippen molar-refractivity contribution in [3.63, 3.8) is 0 Å². The van der Waals surface area contributed by atoms with Gasteiger partial charge in [-0.1, -0.05) is 45.0 Å². The second kappa shape index (κ2) is 10.0. The molecule has 3 rings (SSSR count). The van der Waals surface area contributed by atoms with Crippen molar-refractivity contribution < 1.29 is 19.4 Å². The van der Waals surface area contributed by atoms with Crippen LogP contribution in [0.15, 0.2) is 48.0 Å². The van der Waals surface area contributed by atoms with Crippen LogP contribution in [0.5, 0.6) is 5.75 Å². The molecule has 6 nitrogen and oxygen atoms in total. The molecule has 1 saturated heterocycles. The highest BCUT2D eigenvalue weighted by molar-refractivity contribution is 6.46. The molecule has 0 radical (unpaired) electrons. The van der Waals surface area contributed by atoms with Crippen molar-refractivity contribution in [2.24, 2.45) is 0 Å². The Kier molecular flexibility index (Phi) is 7.51. The molecule has 1 aliphatic rings. The molecule has 2 aromatic rings. The van der Waals surface area contributed by atoms with E-state index in [1.54, 1.807) is 30.2 Å². The summed E-state index contributed by atoms with van der Waals surface area (Å²) in [6, 6.07) is 12.6. The van der Waals surface area contributed by atoms with Crippen LogP contribution in [0.1, 0.15) is 55.5 Å². The van der Waals surface area contributed by atoms with E-state index in [2.05, 4.69) is 20.8 Å². The van der Waals surface area contributed by atoms with E-state index in [4.69, 9.17) is 4.74 Å². The third-order valence-electron chi connectivity index (χ3n) is 6.31. The minimum atomic E-state index is -0.652. The molecule has 1 fully saturated rings. The molecule has 182 valence electrons. The van der Waals surface area contributed by atoms with Crippen molar-refractivity contribution >= 4 is 17.4 Å². The Balaban J connectivity index is 2.11. The van der Waals surface area contributed by atoms with Gasteiger partial charge in [-0.05, 0) is 74.3 Å². The lowest BCUT2D eigenvalue weighted by Crippen LogP contribution is -2.32. The predicted molar refractivity (Wildman–Crippen MR) is 135 cm³/mol. The van der Waals surface area contributed by atoms with Gasteiger partial charge in [-0.25, -0.2) is 0 Å². The molecule has 6 heteroatoms. The van der Waals surface area contributed by atoms with E-state index in [0.717, 1.165) is 29.7 Å². The van der Waals surface area contributed by atoms with Gasteiger partial charge in [-0.15, -0.1) is 0 Å². The molecule has 0 aliphatic carbocycles. The molecule has 0 spiro atoms. The van der Waals surface area contributed by atoms with Gasteiger partial charge in [0.15, 0.2) is 0 Å². The molecular formula is C28H36N2O4. The Hall–Kier alpha value is -3.12. The van der Waals surface area contributed by atoms with E-state index in [1.165, 1.54) is 0 Å². The molecule has 0 bridgehead atoms. The van der Waals surface area contributed by atoms with Crippen LogP contribution in [0.2, 0.25) is 0 Å². The van der Waals surface area contributed by atoms with Gasteiger partial charge < -0.3 is 19.6 Å². The number of hydrogen-bond acceptors (Lipinski definition) is 5. The van der Waals surface area contributed by atoms with E-state index in [0.29, 0.717) is 17.9 Å². The molecule has 1 heterocycles. The largest absolute Gasteiger partial charge is 0.507 e. The van der Waals surface area contributed by atoms with E-state index in [9.17, 15) is 14.7 Å². The van der Waals surface area contributed by atoms with Gasteiger partial charge in [-0.3, -0.25) is 9.59 Å². The lowest BCUT2D eigenvalue weighted by atomic mass is 9.85. The summed E-state index contributed by atoms with van der Waals surface area (Å²) in [7, 11) is 5.54. The van der Waals surface area contributed by atoms with Crippen LogP contribution < -0.4 is 4.74 Å². The fraction of sp³-hybridized carbons (Fsp3) is 0.429. The van der Waals surface area contributed by atoms with Gasteiger partial charge in [0.05, 0.1) is 18.7 Å². The number of nitrogens with zero attached hydrogens (tertiary/aromatic N) is 2. The van der Waals surface area contributed by atoms with E-state index >= 15 is 0 Å². The summed E-state index contributed by atoms with van der Waals surface area (Å²) in [5.74, 6) is -0.699. The van der Waals surface area contributed by atoms with Crippen LogP contribution in [0, 0.1) is 6.92 Å². The molecule has 1 amide bonds. The summed E-state index contributed by atoms with van der Waals surface area (Å²) in [4.78, 5) is 29.9. The number of Topliss-reactive ketones (excluding diaryl/α,β-unsaturated/α-hetero) is 1. The Bertz CT molecular complexity index is 1090. The van der Waals surface area contributed by atoms with Crippen LogP contribution >= 0.6 is 0 Å². The fourth-order valence-electron chi connectivity index (χ4n) is 4.36.